The molecule has 0 bridgehead atoms. The van der Waals surface area contributed by atoms with Gasteiger partial charge in [0.15, 0.2) is 0 Å². The van der Waals surface area contributed by atoms with Crippen molar-refractivity contribution >= 4 is 5.71 Å². The fourth-order valence-corrected chi connectivity index (χ4v) is 2.30. The molecule has 102 valence electrons. The van der Waals surface area contributed by atoms with Gasteiger partial charge in [0.1, 0.15) is 0 Å². The fraction of sp³-hybridized carbons (Fsp3) is 0.235. The minimum absolute atomic E-state index is 0.404. The summed E-state index contributed by atoms with van der Waals surface area (Å²) in [6, 6.07) is 18.2. The molecule has 0 saturated heterocycles. The molecule has 0 N–H and O–H groups in total. The highest BCUT2D eigenvalue weighted by Gasteiger charge is 2.21. The predicted octanol–water partition coefficient (Wildman–Crippen LogP) is 3.70. The summed E-state index contributed by atoms with van der Waals surface area (Å²) in [5.41, 5.74) is 4.24. The molecule has 1 heterocycles. The number of oxime groups is 1. The first kappa shape index (κ1) is 12.9. The van der Waals surface area contributed by atoms with Gasteiger partial charge in [-0.3, -0.25) is 0 Å². The van der Waals surface area contributed by atoms with E-state index in [-0.39, 0.29) is 0 Å². The van der Waals surface area contributed by atoms with Gasteiger partial charge < -0.3 is 9.57 Å². The van der Waals surface area contributed by atoms with Crippen molar-refractivity contribution in [2.45, 2.75) is 19.6 Å². The molecule has 0 saturated carbocycles. The highest BCUT2D eigenvalue weighted by atomic mass is 16.8. The molecular formula is C17H17NO2. The van der Waals surface area contributed by atoms with E-state index in [0.29, 0.717) is 6.61 Å². The van der Waals surface area contributed by atoms with E-state index in [1.165, 1.54) is 5.56 Å². The molecule has 3 nitrogen and oxygen atoms in total. The third-order valence-electron chi connectivity index (χ3n) is 3.43. The van der Waals surface area contributed by atoms with Crippen LogP contribution in [0.3, 0.4) is 0 Å². The molecule has 2 aromatic carbocycles. The van der Waals surface area contributed by atoms with E-state index in [1.54, 1.807) is 0 Å². The molecule has 0 aliphatic carbocycles. The predicted molar refractivity (Wildman–Crippen MR) is 78.6 cm³/mol. The minimum atomic E-state index is -0.404. The van der Waals surface area contributed by atoms with Crippen LogP contribution >= 0.6 is 0 Å². The molecule has 1 aliphatic heterocycles. The SMILES string of the molecule is C/C(=N\OC1OCCc2ccccc21)c1ccccc1. The molecule has 0 radical (unpaired) electrons. The summed E-state index contributed by atoms with van der Waals surface area (Å²) < 4.78 is 5.66. The van der Waals surface area contributed by atoms with Gasteiger partial charge in [0.05, 0.1) is 12.3 Å². The van der Waals surface area contributed by atoms with Gasteiger partial charge in [-0.2, -0.15) is 0 Å². The molecule has 20 heavy (non-hydrogen) atoms. The number of ether oxygens (including phenoxy) is 1. The number of fused-ring (bicyclic) bond motifs is 1. The van der Waals surface area contributed by atoms with Gasteiger partial charge in [0.25, 0.3) is 6.29 Å². The summed E-state index contributed by atoms with van der Waals surface area (Å²) in [6.07, 6.45) is 0.524. The van der Waals surface area contributed by atoms with Gasteiger partial charge in [0, 0.05) is 5.56 Å². The molecule has 1 atom stereocenters. The van der Waals surface area contributed by atoms with Crippen molar-refractivity contribution < 1.29 is 9.57 Å². The summed E-state index contributed by atoms with van der Waals surface area (Å²) in [5.74, 6) is 0. The van der Waals surface area contributed by atoms with E-state index >= 15 is 0 Å². The van der Waals surface area contributed by atoms with Crippen molar-refractivity contribution in [3.8, 4) is 0 Å². The van der Waals surface area contributed by atoms with Crippen LogP contribution in [0.1, 0.15) is 29.9 Å². The number of hydrogen-bond donors (Lipinski definition) is 0. The highest BCUT2D eigenvalue weighted by molar-refractivity contribution is 5.98. The van der Waals surface area contributed by atoms with Gasteiger partial charge >= 0.3 is 0 Å². The third kappa shape index (κ3) is 2.73. The Kier molecular flexibility index (Phi) is 3.79. The molecule has 3 rings (SSSR count). The van der Waals surface area contributed by atoms with E-state index in [1.807, 2.05) is 55.5 Å². The Hall–Kier alpha value is -2.13. The van der Waals surface area contributed by atoms with Gasteiger partial charge in [0.2, 0.25) is 0 Å². The lowest BCUT2D eigenvalue weighted by atomic mass is 10.0. The minimum Gasteiger partial charge on any atom is -0.358 e. The normalized spacial score (nSPS) is 18.4. The molecular weight excluding hydrogens is 250 g/mol. The van der Waals surface area contributed by atoms with E-state index in [0.717, 1.165) is 23.3 Å². The maximum absolute atomic E-state index is 5.66. The van der Waals surface area contributed by atoms with Crippen LogP contribution in [0.4, 0.5) is 0 Å². The van der Waals surface area contributed by atoms with E-state index in [4.69, 9.17) is 9.57 Å². The molecule has 1 unspecified atom stereocenters. The van der Waals surface area contributed by atoms with Gasteiger partial charge in [-0.05, 0) is 24.5 Å². The molecule has 0 fully saturated rings. The summed E-state index contributed by atoms with van der Waals surface area (Å²) in [5, 5.41) is 4.21. The van der Waals surface area contributed by atoms with Crippen molar-refractivity contribution in [1.82, 2.24) is 0 Å². The Morgan fingerprint density at radius 1 is 1.10 bits per heavy atom. The quantitative estimate of drug-likeness (QED) is 0.627. The van der Waals surface area contributed by atoms with Crippen LogP contribution in [0.5, 0.6) is 0 Å². The highest BCUT2D eigenvalue weighted by Crippen LogP contribution is 2.28. The van der Waals surface area contributed by atoms with Crippen molar-refractivity contribution in [1.29, 1.82) is 0 Å². The van der Waals surface area contributed by atoms with Crippen LogP contribution < -0.4 is 0 Å². The average molecular weight is 267 g/mol. The van der Waals surface area contributed by atoms with E-state index in [2.05, 4.69) is 11.2 Å². The van der Waals surface area contributed by atoms with E-state index in [9.17, 15) is 0 Å². The fourth-order valence-electron chi connectivity index (χ4n) is 2.30. The Balaban J connectivity index is 1.76. The summed E-state index contributed by atoms with van der Waals surface area (Å²) in [7, 11) is 0. The smallest absolute Gasteiger partial charge is 0.253 e. The number of rotatable bonds is 3. The number of hydrogen-bond acceptors (Lipinski definition) is 3. The van der Waals surface area contributed by atoms with Crippen LogP contribution in [-0.2, 0) is 16.0 Å². The van der Waals surface area contributed by atoms with Crippen LogP contribution in [0.15, 0.2) is 59.8 Å². The Bertz CT molecular complexity index is 607. The van der Waals surface area contributed by atoms with Crippen molar-refractivity contribution in [2.75, 3.05) is 6.61 Å². The lowest BCUT2D eigenvalue weighted by molar-refractivity contribution is -0.153. The monoisotopic (exact) mass is 267 g/mol. The van der Waals surface area contributed by atoms with Gasteiger partial charge in [-0.25, -0.2) is 0 Å². The topological polar surface area (TPSA) is 30.8 Å². The average Bonchev–Trinajstić information content (AvgIpc) is 2.53. The lowest BCUT2D eigenvalue weighted by Gasteiger charge is -2.23. The maximum atomic E-state index is 5.66. The van der Waals surface area contributed by atoms with Crippen LogP contribution in [-0.4, -0.2) is 12.3 Å². The molecule has 1 aliphatic rings. The summed E-state index contributed by atoms with van der Waals surface area (Å²) in [6.45, 7) is 2.60. The lowest BCUT2D eigenvalue weighted by Crippen LogP contribution is -2.17. The van der Waals surface area contributed by atoms with Crippen molar-refractivity contribution in [3.63, 3.8) is 0 Å². The first-order valence-corrected chi connectivity index (χ1v) is 6.80. The Labute approximate surface area is 118 Å². The summed E-state index contributed by atoms with van der Waals surface area (Å²) in [4.78, 5) is 5.59. The molecule has 0 aromatic heterocycles. The molecule has 0 amide bonds. The first-order valence-electron chi connectivity index (χ1n) is 6.80. The van der Waals surface area contributed by atoms with E-state index < -0.39 is 6.29 Å². The standard InChI is InChI=1S/C17H17NO2/c1-13(14-7-3-2-4-8-14)18-20-17-16-10-6-5-9-15(16)11-12-19-17/h2-10,17H,11-12H2,1H3/b18-13+. The Morgan fingerprint density at radius 3 is 2.70 bits per heavy atom. The van der Waals surface area contributed by atoms with Crippen LogP contribution in [0.25, 0.3) is 0 Å². The molecule has 0 spiro atoms. The second-order valence-corrected chi connectivity index (χ2v) is 4.80. The maximum Gasteiger partial charge on any atom is 0.253 e. The van der Waals surface area contributed by atoms with Crippen molar-refractivity contribution in [3.05, 3.63) is 71.3 Å². The van der Waals surface area contributed by atoms with Crippen LogP contribution in [0.2, 0.25) is 0 Å². The van der Waals surface area contributed by atoms with Gasteiger partial charge in [-0.1, -0.05) is 59.8 Å². The zero-order valence-electron chi connectivity index (χ0n) is 11.5. The second kappa shape index (κ2) is 5.88. The van der Waals surface area contributed by atoms with Gasteiger partial charge in [-0.15, -0.1) is 0 Å². The number of benzene rings is 2. The first-order chi connectivity index (χ1) is 9.84. The van der Waals surface area contributed by atoms with Crippen molar-refractivity contribution in [2.24, 2.45) is 5.16 Å². The molecule has 3 heteroatoms. The third-order valence-corrected chi connectivity index (χ3v) is 3.43. The largest absolute Gasteiger partial charge is 0.358 e. The summed E-state index contributed by atoms with van der Waals surface area (Å²) >= 11 is 0. The van der Waals surface area contributed by atoms with Crippen LogP contribution in [0, 0.1) is 0 Å². The zero-order valence-corrected chi connectivity index (χ0v) is 11.5. The Morgan fingerprint density at radius 2 is 1.85 bits per heavy atom. The number of nitrogens with zero attached hydrogens (tertiary/aromatic N) is 1. The second-order valence-electron chi connectivity index (χ2n) is 4.80. The zero-order chi connectivity index (χ0) is 13.8. The molecule has 2 aromatic rings.